The highest BCUT2D eigenvalue weighted by Gasteiger charge is 2.35. The van der Waals surface area contributed by atoms with Gasteiger partial charge in [-0.05, 0) is 56.7 Å². The summed E-state index contributed by atoms with van der Waals surface area (Å²) in [5.41, 5.74) is 1.25. The van der Waals surface area contributed by atoms with Crippen molar-refractivity contribution < 1.29 is 0 Å². The van der Waals surface area contributed by atoms with Gasteiger partial charge in [0.1, 0.15) is 0 Å². The van der Waals surface area contributed by atoms with E-state index in [0.717, 1.165) is 0 Å². The van der Waals surface area contributed by atoms with E-state index in [2.05, 4.69) is 31.1 Å². The number of hydrogen-bond donors (Lipinski definition) is 1. The quantitative estimate of drug-likeness (QED) is 0.767. The Morgan fingerprint density at radius 1 is 1.00 bits per heavy atom. The third-order valence-electron chi connectivity index (χ3n) is 4.63. The molecule has 0 bridgehead atoms. The third kappa shape index (κ3) is 2.73. The van der Waals surface area contributed by atoms with E-state index in [0.29, 0.717) is 10.8 Å². The number of hydrogen-bond acceptors (Lipinski definition) is 2. The zero-order valence-electron chi connectivity index (χ0n) is 10.6. The fourth-order valence-electron chi connectivity index (χ4n) is 2.74. The highest BCUT2D eigenvalue weighted by molar-refractivity contribution is 4.91. The maximum atomic E-state index is 3.40. The molecule has 2 heterocycles. The van der Waals surface area contributed by atoms with Crippen molar-refractivity contribution in [3.8, 4) is 0 Å². The van der Waals surface area contributed by atoms with Crippen LogP contribution < -0.4 is 5.32 Å². The van der Waals surface area contributed by atoms with Crippen LogP contribution in [0.15, 0.2) is 0 Å². The Kier molecular flexibility index (Phi) is 3.09. The minimum atomic E-state index is 0.617. The lowest BCUT2D eigenvalue weighted by molar-refractivity contribution is 0.0907. The summed E-state index contributed by atoms with van der Waals surface area (Å²) in [5, 5.41) is 3.40. The molecule has 1 N–H and O–H groups in total. The van der Waals surface area contributed by atoms with Crippen molar-refractivity contribution in [1.82, 2.24) is 10.2 Å². The first-order valence-corrected chi connectivity index (χ1v) is 6.41. The monoisotopic (exact) mass is 210 g/mol. The van der Waals surface area contributed by atoms with Crippen LogP contribution in [0.25, 0.3) is 0 Å². The van der Waals surface area contributed by atoms with Gasteiger partial charge in [0.2, 0.25) is 0 Å². The van der Waals surface area contributed by atoms with Gasteiger partial charge in [-0.15, -0.1) is 0 Å². The summed E-state index contributed by atoms with van der Waals surface area (Å²) in [5.74, 6) is 0. The maximum absolute atomic E-state index is 3.40. The van der Waals surface area contributed by atoms with Gasteiger partial charge < -0.3 is 10.2 Å². The molecule has 0 amide bonds. The molecule has 0 spiro atoms. The minimum Gasteiger partial charge on any atom is -0.316 e. The van der Waals surface area contributed by atoms with E-state index < -0.39 is 0 Å². The van der Waals surface area contributed by atoms with Crippen LogP contribution in [0.3, 0.4) is 0 Å². The lowest BCUT2D eigenvalue weighted by atomic mass is 9.70. The van der Waals surface area contributed by atoms with Gasteiger partial charge in [0.25, 0.3) is 0 Å². The van der Waals surface area contributed by atoms with Crippen molar-refractivity contribution in [3.05, 3.63) is 0 Å². The molecule has 0 aromatic rings. The van der Waals surface area contributed by atoms with Crippen molar-refractivity contribution in [2.24, 2.45) is 10.8 Å². The molecular formula is C13H26N2. The van der Waals surface area contributed by atoms with E-state index in [4.69, 9.17) is 0 Å². The molecule has 2 heteroatoms. The first-order valence-electron chi connectivity index (χ1n) is 6.41. The first kappa shape index (κ1) is 11.4. The standard InChI is InChI=1S/C13H26N2/c1-12(6-8-15(3)9-7-12)4-5-13(2)10-14-11-13/h14H,4-11H2,1-3H3. The van der Waals surface area contributed by atoms with Crippen molar-refractivity contribution in [1.29, 1.82) is 0 Å². The molecule has 0 atom stereocenters. The van der Waals surface area contributed by atoms with Crippen LogP contribution in [0, 0.1) is 10.8 Å². The van der Waals surface area contributed by atoms with Crippen molar-refractivity contribution >= 4 is 0 Å². The van der Waals surface area contributed by atoms with E-state index in [-0.39, 0.29) is 0 Å². The number of rotatable bonds is 3. The Labute approximate surface area is 94.4 Å². The molecule has 2 rings (SSSR count). The van der Waals surface area contributed by atoms with Gasteiger partial charge in [-0.2, -0.15) is 0 Å². The summed E-state index contributed by atoms with van der Waals surface area (Å²) in [6, 6.07) is 0. The van der Waals surface area contributed by atoms with Crippen molar-refractivity contribution in [3.63, 3.8) is 0 Å². The summed E-state index contributed by atoms with van der Waals surface area (Å²) in [6.07, 6.45) is 5.64. The molecular weight excluding hydrogens is 184 g/mol. The second-order valence-electron chi connectivity index (χ2n) is 6.53. The molecule has 0 saturated carbocycles. The van der Waals surface area contributed by atoms with Crippen LogP contribution in [0.5, 0.6) is 0 Å². The number of nitrogens with zero attached hydrogens (tertiary/aromatic N) is 1. The number of likely N-dealkylation sites (tertiary alicyclic amines) is 1. The Bertz CT molecular complexity index is 213. The molecule has 2 nitrogen and oxygen atoms in total. The van der Waals surface area contributed by atoms with E-state index in [1.165, 1.54) is 51.9 Å². The van der Waals surface area contributed by atoms with Crippen LogP contribution in [-0.4, -0.2) is 38.1 Å². The Hall–Kier alpha value is -0.0800. The molecule has 0 aromatic carbocycles. The highest BCUT2D eigenvalue weighted by Crippen LogP contribution is 2.39. The van der Waals surface area contributed by atoms with Gasteiger partial charge in [0.15, 0.2) is 0 Å². The van der Waals surface area contributed by atoms with Crippen LogP contribution in [0.4, 0.5) is 0 Å². The van der Waals surface area contributed by atoms with E-state index >= 15 is 0 Å². The maximum Gasteiger partial charge on any atom is 0.00176 e. The van der Waals surface area contributed by atoms with Crippen LogP contribution >= 0.6 is 0 Å². The predicted octanol–water partition coefficient (Wildman–Crippen LogP) is 2.11. The zero-order valence-corrected chi connectivity index (χ0v) is 10.6. The predicted molar refractivity (Wildman–Crippen MR) is 65.0 cm³/mol. The summed E-state index contributed by atoms with van der Waals surface area (Å²) in [7, 11) is 2.25. The minimum absolute atomic E-state index is 0.617. The average Bonchev–Trinajstić information content (AvgIpc) is 2.18. The van der Waals surface area contributed by atoms with E-state index in [1.807, 2.05) is 0 Å². The summed E-state index contributed by atoms with van der Waals surface area (Å²) >= 11 is 0. The Morgan fingerprint density at radius 2 is 1.53 bits per heavy atom. The van der Waals surface area contributed by atoms with Gasteiger partial charge in [-0.1, -0.05) is 13.8 Å². The largest absolute Gasteiger partial charge is 0.316 e. The van der Waals surface area contributed by atoms with Gasteiger partial charge >= 0.3 is 0 Å². The fourth-order valence-corrected chi connectivity index (χ4v) is 2.74. The number of nitrogens with one attached hydrogen (secondary N) is 1. The van der Waals surface area contributed by atoms with Crippen molar-refractivity contribution in [2.45, 2.75) is 39.5 Å². The Balaban J connectivity index is 1.77. The molecule has 0 unspecified atom stereocenters. The smallest absolute Gasteiger partial charge is 0.00176 e. The second-order valence-corrected chi connectivity index (χ2v) is 6.53. The summed E-state index contributed by atoms with van der Waals surface area (Å²) < 4.78 is 0. The molecule has 2 saturated heterocycles. The van der Waals surface area contributed by atoms with Crippen LogP contribution in [-0.2, 0) is 0 Å². The highest BCUT2D eigenvalue weighted by atomic mass is 15.1. The molecule has 0 aliphatic carbocycles. The molecule has 2 aliphatic rings. The van der Waals surface area contributed by atoms with Crippen LogP contribution in [0.1, 0.15) is 39.5 Å². The molecule has 0 aromatic heterocycles. The zero-order chi connectivity index (χ0) is 10.9. The van der Waals surface area contributed by atoms with E-state index in [9.17, 15) is 0 Å². The molecule has 0 radical (unpaired) electrons. The first-order chi connectivity index (χ1) is 7.02. The topological polar surface area (TPSA) is 15.3 Å². The SMILES string of the molecule is CN1CCC(C)(CCC2(C)CNC2)CC1. The van der Waals surface area contributed by atoms with Crippen molar-refractivity contribution in [2.75, 3.05) is 33.2 Å². The van der Waals surface area contributed by atoms with Gasteiger partial charge in [-0.25, -0.2) is 0 Å². The lowest BCUT2D eigenvalue weighted by Crippen LogP contribution is -2.52. The molecule has 2 aliphatic heterocycles. The fraction of sp³-hybridized carbons (Fsp3) is 1.00. The third-order valence-corrected chi connectivity index (χ3v) is 4.63. The van der Waals surface area contributed by atoms with Gasteiger partial charge in [-0.3, -0.25) is 0 Å². The summed E-state index contributed by atoms with van der Waals surface area (Å²) in [6.45, 7) is 10.0. The van der Waals surface area contributed by atoms with Crippen LogP contribution in [0.2, 0.25) is 0 Å². The summed E-state index contributed by atoms with van der Waals surface area (Å²) in [4.78, 5) is 2.47. The number of piperidine rings is 1. The average molecular weight is 210 g/mol. The normalized spacial score (nSPS) is 29.8. The molecule has 2 fully saturated rings. The molecule has 15 heavy (non-hydrogen) atoms. The molecule has 88 valence electrons. The second kappa shape index (κ2) is 4.06. The van der Waals surface area contributed by atoms with Gasteiger partial charge in [0.05, 0.1) is 0 Å². The lowest BCUT2D eigenvalue weighted by Gasteiger charge is -2.44. The van der Waals surface area contributed by atoms with Gasteiger partial charge in [0, 0.05) is 13.1 Å². The Morgan fingerprint density at radius 3 is 2.00 bits per heavy atom. The van der Waals surface area contributed by atoms with E-state index in [1.54, 1.807) is 0 Å².